The van der Waals surface area contributed by atoms with Crippen molar-refractivity contribution in [1.82, 2.24) is 9.55 Å². The van der Waals surface area contributed by atoms with Crippen LogP contribution in [0, 0.1) is 0 Å². The molecule has 2 aliphatic rings. The van der Waals surface area contributed by atoms with Crippen molar-refractivity contribution in [2.45, 2.75) is 42.9 Å². The first-order chi connectivity index (χ1) is 10.8. The second-order valence-corrected chi connectivity index (χ2v) is 8.52. The number of halogens is 1. The number of hydrogen-bond acceptors (Lipinski definition) is 8. The van der Waals surface area contributed by atoms with Gasteiger partial charge in [-0.05, 0) is 19.9 Å². The molecular weight excluding hydrogens is 348 g/mol. The van der Waals surface area contributed by atoms with E-state index in [9.17, 15) is 14.1 Å². The number of aromatic nitrogens is 2. The van der Waals surface area contributed by atoms with Gasteiger partial charge >= 0.3 is 13.9 Å². The van der Waals surface area contributed by atoms with Gasteiger partial charge in [-0.2, -0.15) is 18.9 Å². The molecular formula is C12H18FN3O5PS+. The molecule has 2 fully saturated rings. The number of thioether (sulfide) groups is 1. The fourth-order valence-electron chi connectivity index (χ4n) is 2.47. The summed E-state index contributed by atoms with van der Waals surface area (Å²) in [7, 11) is -3.54. The summed E-state index contributed by atoms with van der Waals surface area (Å²) in [5, 5.41) is -1.17. The van der Waals surface area contributed by atoms with Crippen molar-refractivity contribution < 1.29 is 22.9 Å². The first-order valence-electron chi connectivity index (χ1n) is 7.06. The fraction of sp³-hybridized carbons (Fsp3) is 0.667. The van der Waals surface area contributed by atoms with Crippen LogP contribution < -0.4 is 11.4 Å². The Morgan fingerprint density at radius 1 is 1.65 bits per heavy atom. The van der Waals surface area contributed by atoms with E-state index in [-0.39, 0.29) is 23.8 Å². The Bertz CT molecular complexity index is 649. The minimum absolute atomic E-state index is 0.0762. The summed E-state index contributed by atoms with van der Waals surface area (Å²) in [6.07, 6.45) is -1.35. The second kappa shape index (κ2) is 6.27. The smallest absolute Gasteiger partial charge is 0.383 e. The van der Waals surface area contributed by atoms with Crippen LogP contribution in [0.4, 0.5) is 10.2 Å². The summed E-state index contributed by atoms with van der Waals surface area (Å²) in [5.41, 5.74) is 4.81. The van der Waals surface area contributed by atoms with Crippen molar-refractivity contribution in [3.63, 3.8) is 0 Å². The molecule has 0 radical (unpaired) electrons. The van der Waals surface area contributed by atoms with Crippen molar-refractivity contribution in [1.29, 1.82) is 0 Å². The summed E-state index contributed by atoms with van der Waals surface area (Å²) in [5.74, 6) is 0.0762. The minimum atomic E-state index is -3.54. The predicted octanol–water partition coefficient (Wildman–Crippen LogP) is 1.29. The van der Waals surface area contributed by atoms with Gasteiger partial charge in [-0.25, -0.2) is 9.18 Å². The first-order valence-corrected chi connectivity index (χ1v) is 9.50. The Morgan fingerprint density at radius 2 is 2.39 bits per heavy atom. The zero-order valence-electron chi connectivity index (χ0n) is 12.5. The maximum atomic E-state index is 14.8. The van der Waals surface area contributed by atoms with Crippen molar-refractivity contribution in [3.05, 3.63) is 22.7 Å². The van der Waals surface area contributed by atoms with E-state index in [0.717, 1.165) is 0 Å². The van der Waals surface area contributed by atoms with Crippen LogP contribution in [0.5, 0.6) is 0 Å². The van der Waals surface area contributed by atoms with Crippen molar-refractivity contribution in [2.24, 2.45) is 0 Å². The number of fused-ring (bicyclic) bond motifs is 1. The number of alkyl halides is 1. The Kier molecular flexibility index (Phi) is 4.65. The van der Waals surface area contributed by atoms with Crippen LogP contribution in [-0.4, -0.2) is 44.7 Å². The summed E-state index contributed by atoms with van der Waals surface area (Å²) in [4.78, 5) is 25.7. The third kappa shape index (κ3) is 3.38. The van der Waals surface area contributed by atoms with Crippen LogP contribution in [0.2, 0.25) is 0 Å². The number of nitrogens with two attached hydrogens (primary N) is 1. The summed E-state index contributed by atoms with van der Waals surface area (Å²) < 4.78 is 31.9. The largest absolute Gasteiger partial charge is 0.573 e. The van der Waals surface area contributed by atoms with Crippen LogP contribution in [0.25, 0.3) is 0 Å². The Balaban J connectivity index is 1.81. The standard InChI is InChI=1S/C12H17FN3O5PS/c1-6(2)20-22(18)19-5-7-10(21-22)9(13)11(23-7)16-4-3-8(14)15-12(16)17/h3-4,6-7,9-11,18H,5H2,1-2H3,(H-,14,15,17)/p+1/t7-,9+,10-,11-,22?/m1/s1. The third-order valence-corrected chi connectivity index (χ3v) is 6.59. The number of rotatable bonds is 3. The highest BCUT2D eigenvalue weighted by molar-refractivity contribution is 8.00. The van der Waals surface area contributed by atoms with Crippen molar-refractivity contribution in [3.8, 4) is 0 Å². The van der Waals surface area contributed by atoms with Gasteiger partial charge in [-0.1, -0.05) is 0 Å². The lowest BCUT2D eigenvalue weighted by Crippen LogP contribution is -2.39. The topological polar surface area (TPSA) is 109 Å². The Labute approximate surface area is 136 Å². The summed E-state index contributed by atoms with van der Waals surface area (Å²) in [6, 6.07) is 1.43. The van der Waals surface area contributed by atoms with E-state index in [1.165, 1.54) is 28.6 Å². The van der Waals surface area contributed by atoms with Gasteiger partial charge in [0.15, 0.2) is 12.3 Å². The predicted molar refractivity (Wildman–Crippen MR) is 84.4 cm³/mol. The number of anilines is 1. The minimum Gasteiger partial charge on any atom is -0.383 e. The molecule has 0 aliphatic carbocycles. The summed E-state index contributed by atoms with van der Waals surface area (Å²) in [6.45, 7) is 3.52. The third-order valence-electron chi connectivity index (χ3n) is 3.39. The van der Waals surface area contributed by atoms with Crippen LogP contribution >= 0.6 is 19.9 Å². The van der Waals surface area contributed by atoms with Gasteiger partial charge in [-0.3, -0.25) is 4.57 Å². The molecule has 2 aliphatic heterocycles. The van der Waals surface area contributed by atoms with E-state index in [1.54, 1.807) is 13.8 Å². The Morgan fingerprint density at radius 3 is 3.04 bits per heavy atom. The van der Waals surface area contributed by atoms with E-state index >= 15 is 0 Å². The molecule has 8 nitrogen and oxygen atoms in total. The average molecular weight is 366 g/mol. The van der Waals surface area contributed by atoms with Gasteiger partial charge in [0.2, 0.25) is 0 Å². The number of nitrogens with zero attached hydrogens (tertiary/aromatic N) is 2. The monoisotopic (exact) mass is 366 g/mol. The molecule has 3 N–H and O–H groups in total. The van der Waals surface area contributed by atoms with Gasteiger partial charge in [0.1, 0.15) is 23.9 Å². The highest BCUT2D eigenvalue weighted by Crippen LogP contribution is 2.66. The average Bonchev–Trinajstić information content (AvgIpc) is 2.75. The molecule has 3 heterocycles. The Hall–Kier alpha value is -0.770. The quantitative estimate of drug-likeness (QED) is 0.771. The van der Waals surface area contributed by atoms with E-state index in [0.29, 0.717) is 0 Å². The molecule has 0 bridgehead atoms. The van der Waals surface area contributed by atoms with Gasteiger partial charge in [0, 0.05) is 6.20 Å². The maximum absolute atomic E-state index is 14.8. The molecule has 1 aromatic heterocycles. The van der Waals surface area contributed by atoms with E-state index in [1.807, 2.05) is 0 Å². The number of hydrogen-bond donors (Lipinski definition) is 2. The van der Waals surface area contributed by atoms with Gasteiger partial charge in [-0.15, -0.1) is 16.3 Å². The molecule has 11 heteroatoms. The van der Waals surface area contributed by atoms with Crippen LogP contribution in [-0.2, 0) is 13.6 Å². The molecule has 5 atom stereocenters. The fourth-order valence-corrected chi connectivity index (χ4v) is 5.74. The molecule has 23 heavy (non-hydrogen) atoms. The molecule has 128 valence electrons. The highest BCUT2D eigenvalue weighted by atomic mass is 32.2. The van der Waals surface area contributed by atoms with E-state index < -0.39 is 31.5 Å². The van der Waals surface area contributed by atoms with E-state index in [4.69, 9.17) is 19.3 Å². The molecule has 0 spiro atoms. The lowest BCUT2D eigenvalue weighted by Gasteiger charge is -2.28. The molecule has 0 aromatic carbocycles. The maximum Gasteiger partial charge on any atom is 0.573 e. The SMILES string of the molecule is CC(C)O[P+]1(O)OC[C@H]2S[C@@H](n3ccc(N)nc3=O)[C@@H](F)[C@@H]2O1. The lowest BCUT2D eigenvalue weighted by molar-refractivity contribution is -0.0272. The van der Waals surface area contributed by atoms with Gasteiger partial charge in [0.25, 0.3) is 0 Å². The van der Waals surface area contributed by atoms with E-state index in [2.05, 4.69) is 4.98 Å². The molecule has 0 saturated carbocycles. The first kappa shape index (κ1) is 17.1. The van der Waals surface area contributed by atoms with Gasteiger partial charge in [0.05, 0.1) is 5.25 Å². The van der Waals surface area contributed by atoms with Crippen molar-refractivity contribution >= 4 is 25.7 Å². The van der Waals surface area contributed by atoms with Crippen LogP contribution in [0.15, 0.2) is 17.1 Å². The zero-order valence-corrected chi connectivity index (χ0v) is 14.2. The van der Waals surface area contributed by atoms with Crippen LogP contribution in [0.3, 0.4) is 0 Å². The normalized spacial score (nSPS) is 37.1. The second-order valence-electron chi connectivity index (χ2n) is 5.54. The highest BCUT2D eigenvalue weighted by Gasteiger charge is 2.62. The van der Waals surface area contributed by atoms with Crippen LogP contribution in [0.1, 0.15) is 19.2 Å². The van der Waals surface area contributed by atoms with Gasteiger partial charge < -0.3 is 5.73 Å². The molecule has 2 saturated heterocycles. The lowest BCUT2D eigenvalue weighted by atomic mass is 10.1. The number of nitrogen functional groups attached to an aromatic ring is 1. The van der Waals surface area contributed by atoms with Crippen molar-refractivity contribution in [2.75, 3.05) is 12.3 Å². The molecule has 0 amide bonds. The summed E-state index contributed by atoms with van der Waals surface area (Å²) >= 11 is 1.20. The molecule has 1 unspecified atom stereocenters. The zero-order chi connectivity index (χ0) is 16.8. The molecule has 1 aromatic rings. The molecule has 3 rings (SSSR count).